The maximum atomic E-state index is 12.8. The van der Waals surface area contributed by atoms with Crippen molar-refractivity contribution in [3.63, 3.8) is 0 Å². The zero-order chi connectivity index (χ0) is 24.7. The molecular weight excluding hydrogens is 436 g/mol. The lowest BCUT2D eigenvalue weighted by molar-refractivity contribution is -0.171. The van der Waals surface area contributed by atoms with Gasteiger partial charge in [0.25, 0.3) is 0 Å². The Hall–Kier alpha value is -3.17. The molecule has 0 aromatic heterocycles. The Labute approximate surface area is 191 Å². The molecule has 0 aromatic carbocycles. The van der Waals surface area contributed by atoms with Crippen LogP contribution >= 0.6 is 0 Å². The highest BCUT2D eigenvalue weighted by Gasteiger charge is 2.64. The Kier molecular flexibility index (Phi) is 6.41. The SMILES string of the molecule is COC(=O)C1=C2CC(C(=O)OC)(C(=O)OC)C[C@@H]2[C@H]2CC(C(=O)OC)(C(=O)OC)CC2=C1C. The van der Waals surface area contributed by atoms with E-state index in [1.165, 1.54) is 35.5 Å². The average Bonchev–Trinajstić information content (AvgIpc) is 3.43. The van der Waals surface area contributed by atoms with Crippen molar-refractivity contribution in [1.29, 1.82) is 0 Å². The van der Waals surface area contributed by atoms with E-state index in [2.05, 4.69) is 0 Å². The molecule has 0 N–H and O–H groups in total. The second-order valence-corrected chi connectivity index (χ2v) is 8.65. The second-order valence-electron chi connectivity index (χ2n) is 8.65. The molecule has 0 aromatic rings. The van der Waals surface area contributed by atoms with Crippen molar-refractivity contribution in [3.8, 4) is 0 Å². The lowest BCUT2D eigenvalue weighted by Gasteiger charge is -2.30. The van der Waals surface area contributed by atoms with Crippen molar-refractivity contribution in [2.75, 3.05) is 35.5 Å². The molecule has 2 saturated carbocycles. The predicted octanol–water partition coefficient (Wildman–Crippen LogP) is 1.27. The van der Waals surface area contributed by atoms with Gasteiger partial charge < -0.3 is 23.7 Å². The predicted molar refractivity (Wildman–Crippen MR) is 110 cm³/mol. The van der Waals surface area contributed by atoms with Gasteiger partial charge in [0, 0.05) is 0 Å². The standard InChI is InChI=1S/C23H28O10/c1-11-12-7-22(18(25)30-3,19(26)31-4)8-13(12)14-9-23(20(27)32-5,21(28)33-6)10-15(14)16(11)17(24)29-2/h13-14H,7-10H2,1-6H3/t13-,14+/m0/s1. The number of carbonyl (C=O) groups excluding carboxylic acids is 5. The summed E-state index contributed by atoms with van der Waals surface area (Å²) in [5, 5.41) is 0. The fourth-order valence-corrected chi connectivity index (χ4v) is 5.87. The van der Waals surface area contributed by atoms with Crippen molar-refractivity contribution >= 4 is 29.8 Å². The number of rotatable bonds is 5. The number of esters is 5. The highest BCUT2D eigenvalue weighted by molar-refractivity contribution is 6.04. The molecule has 3 rings (SSSR count). The van der Waals surface area contributed by atoms with Gasteiger partial charge >= 0.3 is 29.8 Å². The van der Waals surface area contributed by atoms with Crippen LogP contribution in [0.15, 0.2) is 22.3 Å². The molecule has 0 amide bonds. The van der Waals surface area contributed by atoms with E-state index >= 15 is 0 Å². The minimum Gasteiger partial charge on any atom is -0.468 e. The molecule has 3 aliphatic carbocycles. The first-order chi connectivity index (χ1) is 15.6. The summed E-state index contributed by atoms with van der Waals surface area (Å²) in [5.74, 6) is -4.55. The number of hydrogen-bond acceptors (Lipinski definition) is 10. The van der Waals surface area contributed by atoms with Crippen LogP contribution in [-0.4, -0.2) is 65.4 Å². The van der Waals surface area contributed by atoms with Crippen LogP contribution in [0.3, 0.4) is 0 Å². The fraction of sp³-hybridized carbons (Fsp3) is 0.609. The molecule has 3 aliphatic rings. The highest BCUT2D eigenvalue weighted by Crippen LogP contribution is 2.62. The number of methoxy groups -OCH3 is 5. The topological polar surface area (TPSA) is 132 Å². The van der Waals surface area contributed by atoms with Gasteiger partial charge in [-0.2, -0.15) is 0 Å². The van der Waals surface area contributed by atoms with Crippen LogP contribution in [0.2, 0.25) is 0 Å². The van der Waals surface area contributed by atoms with Gasteiger partial charge in [-0.25, -0.2) is 4.79 Å². The van der Waals surface area contributed by atoms with Gasteiger partial charge in [-0.05, 0) is 55.6 Å². The van der Waals surface area contributed by atoms with E-state index < -0.39 is 52.5 Å². The van der Waals surface area contributed by atoms with Crippen LogP contribution in [0, 0.1) is 22.7 Å². The second kappa shape index (κ2) is 8.64. The number of allylic oxidation sites excluding steroid dienone is 2. The first-order valence-corrected chi connectivity index (χ1v) is 10.4. The molecule has 10 nitrogen and oxygen atoms in total. The van der Waals surface area contributed by atoms with Gasteiger partial charge in [-0.1, -0.05) is 5.57 Å². The van der Waals surface area contributed by atoms with E-state index in [4.69, 9.17) is 23.7 Å². The highest BCUT2D eigenvalue weighted by atomic mass is 16.6. The van der Waals surface area contributed by atoms with Gasteiger partial charge in [-0.15, -0.1) is 0 Å². The summed E-state index contributed by atoms with van der Waals surface area (Å²) in [6, 6.07) is 0. The summed E-state index contributed by atoms with van der Waals surface area (Å²) in [6.07, 6.45) is -0.0370. The molecule has 2 atom stereocenters. The van der Waals surface area contributed by atoms with E-state index in [0.717, 1.165) is 0 Å². The van der Waals surface area contributed by atoms with Crippen LogP contribution in [0.1, 0.15) is 32.6 Å². The van der Waals surface area contributed by atoms with E-state index in [1.807, 2.05) is 0 Å². The molecule has 2 fully saturated rings. The first-order valence-electron chi connectivity index (χ1n) is 10.4. The van der Waals surface area contributed by atoms with Crippen molar-refractivity contribution in [1.82, 2.24) is 0 Å². The molecule has 0 aliphatic heterocycles. The van der Waals surface area contributed by atoms with Crippen molar-refractivity contribution in [2.45, 2.75) is 32.6 Å². The zero-order valence-electron chi connectivity index (χ0n) is 19.6. The summed E-state index contributed by atoms with van der Waals surface area (Å²) >= 11 is 0. The van der Waals surface area contributed by atoms with Crippen molar-refractivity contribution < 1.29 is 47.7 Å². The molecule has 0 spiro atoms. The van der Waals surface area contributed by atoms with Crippen molar-refractivity contribution in [3.05, 3.63) is 22.3 Å². The van der Waals surface area contributed by atoms with Crippen LogP contribution in [0.25, 0.3) is 0 Å². The van der Waals surface area contributed by atoms with Crippen LogP contribution in [0.4, 0.5) is 0 Å². The summed E-state index contributed by atoms with van der Waals surface area (Å²) in [4.78, 5) is 64.0. The maximum Gasteiger partial charge on any atom is 0.338 e. The lowest BCUT2D eigenvalue weighted by Crippen LogP contribution is -2.40. The van der Waals surface area contributed by atoms with Crippen LogP contribution in [-0.2, 0) is 47.7 Å². The Morgan fingerprint density at radius 1 is 0.636 bits per heavy atom. The molecule has 0 bridgehead atoms. The molecule has 0 saturated heterocycles. The number of hydrogen-bond donors (Lipinski definition) is 0. The van der Waals surface area contributed by atoms with Gasteiger partial charge in [-0.3, -0.25) is 19.2 Å². The van der Waals surface area contributed by atoms with Crippen LogP contribution < -0.4 is 0 Å². The van der Waals surface area contributed by atoms with Crippen molar-refractivity contribution in [2.24, 2.45) is 22.7 Å². The molecule has 0 heterocycles. The number of carbonyl (C=O) groups is 5. The minimum absolute atomic E-state index is 0.00203. The van der Waals surface area contributed by atoms with Crippen LogP contribution in [0.5, 0.6) is 0 Å². The Balaban J connectivity index is 2.22. The average molecular weight is 464 g/mol. The molecule has 180 valence electrons. The summed E-state index contributed by atoms with van der Waals surface area (Å²) in [6.45, 7) is 1.71. The molecule has 0 unspecified atom stereocenters. The Morgan fingerprint density at radius 2 is 1.00 bits per heavy atom. The monoisotopic (exact) mass is 464 g/mol. The Bertz CT molecular complexity index is 953. The Morgan fingerprint density at radius 3 is 1.36 bits per heavy atom. The van der Waals surface area contributed by atoms with Gasteiger partial charge in [0.15, 0.2) is 10.8 Å². The summed E-state index contributed by atoms with van der Waals surface area (Å²) in [7, 11) is 5.96. The van der Waals surface area contributed by atoms with E-state index in [0.29, 0.717) is 16.7 Å². The third kappa shape index (κ3) is 3.34. The van der Waals surface area contributed by atoms with Gasteiger partial charge in [0.05, 0.1) is 41.1 Å². The van der Waals surface area contributed by atoms with Gasteiger partial charge in [0.1, 0.15) is 0 Å². The quantitative estimate of drug-likeness (QED) is 0.333. The summed E-state index contributed by atoms with van der Waals surface area (Å²) in [5.41, 5.74) is -1.20. The third-order valence-electron chi connectivity index (χ3n) is 7.37. The molecule has 0 radical (unpaired) electrons. The molecular formula is C23H28O10. The summed E-state index contributed by atoms with van der Waals surface area (Å²) < 4.78 is 24.8. The lowest BCUT2D eigenvalue weighted by atomic mass is 9.73. The fourth-order valence-electron chi connectivity index (χ4n) is 5.87. The maximum absolute atomic E-state index is 12.8. The number of ether oxygens (including phenoxy) is 5. The minimum atomic E-state index is -1.65. The zero-order valence-corrected chi connectivity index (χ0v) is 19.6. The molecule has 33 heavy (non-hydrogen) atoms. The van der Waals surface area contributed by atoms with E-state index in [1.54, 1.807) is 6.92 Å². The van der Waals surface area contributed by atoms with E-state index in [-0.39, 0.29) is 31.3 Å². The van der Waals surface area contributed by atoms with E-state index in [9.17, 15) is 24.0 Å². The molecule has 10 heteroatoms. The first kappa shape index (κ1) is 24.5. The smallest absolute Gasteiger partial charge is 0.338 e. The third-order valence-corrected chi connectivity index (χ3v) is 7.37. The van der Waals surface area contributed by atoms with Gasteiger partial charge in [0.2, 0.25) is 0 Å². The number of fused-ring (bicyclic) bond motifs is 3. The normalized spacial score (nSPS) is 24.4. The largest absolute Gasteiger partial charge is 0.468 e.